The van der Waals surface area contributed by atoms with Gasteiger partial charge in [-0.15, -0.1) is 0 Å². The highest BCUT2D eigenvalue weighted by Gasteiger charge is 2.33. The van der Waals surface area contributed by atoms with Crippen LogP contribution in [0.15, 0.2) is 158 Å². The normalized spacial score (nSPS) is 14.0. The topological polar surface area (TPSA) is 56.1 Å². The highest BCUT2D eigenvalue weighted by atomic mass is 16.5. The van der Waals surface area contributed by atoms with Gasteiger partial charge in [-0.25, -0.2) is 4.98 Å². The summed E-state index contributed by atoms with van der Waals surface area (Å²) >= 11 is 0. The summed E-state index contributed by atoms with van der Waals surface area (Å²) in [5.41, 5.74) is 7.08. The van der Waals surface area contributed by atoms with E-state index in [0.717, 1.165) is 55.6 Å². The molecule has 0 amide bonds. The van der Waals surface area contributed by atoms with Crippen LogP contribution < -0.4 is 9.64 Å². The third-order valence-corrected chi connectivity index (χ3v) is 8.50. The van der Waals surface area contributed by atoms with Crippen molar-refractivity contribution < 1.29 is 4.74 Å². The van der Waals surface area contributed by atoms with Crippen LogP contribution in [0.5, 0.6) is 5.75 Å². The minimum atomic E-state index is -0.283. The van der Waals surface area contributed by atoms with Crippen LogP contribution in [0.1, 0.15) is 11.8 Å². The summed E-state index contributed by atoms with van der Waals surface area (Å²) in [6.45, 7) is 0. The molecule has 0 spiro atoms. The number of hydrogen-bond donors (Lipinski definition) is 0. The van der Waals surface area contributed by atoms with Gasteiger partial charge in [0.1, 0.15) is 5.75 Å². The quantitative estimate of drug-likeness (QED) is 0.199. The number of rotatable bonds is 5. The number of hydrogen-bond acceptors (Lipinski definition) is 5. The van der Waals surface area contributed by atoms with Crippen molar-refractivity contribution in [2.45, 2.75) is 6.23 Å². The van der Waals surface area contributed by atoms with Crippen LogP contribution in [0, 0.1) is 0 Å². The molecule has 6 heteroatoms. The van der Waals surface area contributed by atoms with Crippen LogP contribution in [0.2, 0.25) is 0 Å². The predicted octanol–water partition coefficient (Wildman–Crippen LogP) is 9.53. The Bertz CT molecular complexity index is 2300. The van der Waals surface area contributed by atoms with Gasteiger partial charge in [0.25, 0.3) is 0 Å². The Labute approximate surface area is 265 Å². The first kappa shape index (κ1) is 26.2. The number of anilines is 2. The molecule has 1 aliphatic heterocycles. The van der Waals surface area contributed by atoms with E-state index in [9.17, 15) is 0 Å². The minimum Gasteiger partial charge on any atom is -0.464 e. The lowest BCUT2D eigenvalue weighted by atomic mass is 10.1. The smallest absolute Gasteiger partial charge is 0.238 e. The fraction of sp³-hybridized carbons (Fsp3) is 0.0250. The van der Waals surface area contributed by atoms with E-state index in [1.807, 2.05) is 78.9 Å². The molecule has 0 fully saturated rings. The van der Waals surface area contributed by atoms with Crippen molar-refractivity contribution in [3.05, 3.63) is 163 Å². The van der Waals surface area contributed by atoms with Gasteiger partial charge in [0.05, 0.1) is 16.7 Å². The number of ether oxygens (including phenoxy) is 1. The Morgan fingerprint density at radius 3 is 1.80 bits per heavy atom. The van der Waals surface area contributed by atoms with Crippen LogP contribution in [-0.4, -0.2) is 19.5 Å². The van der Waals surface area contributed by atoms with Crippen LogP contribution in [0.3, 0.4) is 0 Å². The van der Waals surface area contributed by atoms with E-state index in [0.29, 0.717) is 17.6 Å². The van der Waals surface area contributed by atoms with Gasteiger partial charge in [0.15, 0.2) is 11.6 Å². The molecule has 0 N–H and O–H groups in total. The average Bonchev–Trinajstić information content (AvgIpc) is 3.69. The van der Waals surface area contributed by atoms with E-state index in [2.05, 4.69) is 88.3 Å². The lowest BCUT2D eigenvalue weighted by Crippen LogP contribution is -2.22. The predicted molar refractivity (Wildman–Crippen MR) is 183 cm³/mol. The molecule has 2 aromatic heterocycles. The molecule has 1 unspecified atom stereocenters. The second-order valence-corrected chi connectivity index (χ2v) is 11.3. The maximum Gasteiger partial charge on any atom is 0.238 e. The molecule has 9 rings (SSSR count). The van der Waals surface area contributed by atoms with Gasteiger partial charge < -0.3 is 4.74 Å². The number of para-hydroxylation sites is 3. The SMILES string of the molecule is c1ccc(-c2nc(-c3ccccc3)nc(-n3c4ccccc4c4cc(N5c6ccccc6OC5c5ccccc5)ccc43)n2)cc1. The number of fused-ring (bicyclic) bond motifs is 4. The summed E-state index contributed by atoms with van der Waals surface area (Å²) in [5.74, 6) is 2.70. The van der Waals surface area contributed by atoms with Gasteiger partial charge in [-0.1, -0.05) is 121 Å². The molecule has 0 saturated heterocycles. The van der Waals surface area contributed by atoms with E-state index in [-0.39, 0.29) is 6.23 Å². The van der Waals surface area contributed by atoms with Crippen LogP contribution in [0.4, 0.5) is 11.4 Å². The van der Waals surface area contributed by atoms with E-state index < -0.39 is 0 Å². The van der Waals surface area contributed by atoms with Gasteiger partial charge >= 0.3 is 0 Å². The first-order valence-corrected chi connectivity index (χ1v) is 15.3. The van der Waals surface area contributed by atoms with Crippen molar-refractivity contribution in [2.24, 2.45) is 0 Å². The van der Waals surface area contributed by atoms with Crippen molar-refractivity contribution in [1.82, 2.24) is 19.5 Å². The fourth-order valence-corrected chi connectivity index (χ4v) is 6.39. The van der Waals surface area contributed by atoms with Crippen molar-refractivity contribution in [3.8, 4) is 34.5 Å². The van der Waals surface area contributed by atoms with E-state index in [4.69, 9.17) is 19.7 Å². The first-order valence-electron chi connectivity index (χ1n) is 15.3. The summed E-state index contributed by atoms with van der Waals surface area (Å²) in [6, 6.07) is 53.8. The number of nitrogens with zero attached hydrogens (tertiary/aromatic N) is 5. The van der Waals surface area contributed by atoms with Crippen LogP contribution in [0.25, 0.3) is 50.5 Å². The third kappa shape index (κ3) is 4.31. The second-order valence-electron chi connectivity index (χ2n) is 11.3. The maximum absolute atomic E-state index is 6.54. The molecular weight excluding hydrogens is 566 g/mol. The molecule has 0 aliphatic carbocycles. The van der Waals surface area contributed by atoms with Gasteiger partial charge in [0.2, 0.25) is 12.2 Å². The molecule has 3 heterocycles. The van der Waals surface area contributed by atoms with Crippen LogP contribution in [-0.2, 0) is 0 Å². The monoisotopic (exact) mass is 593 g/mol. The summed E-state index contributed by atoms with van der Waals surface area (Å²) in [5, 5.41) is 2.22. The molecule has 218 valence electrons. The highest BCUT2D eigenvalue weighted by Crippen LogP contribution is 2.48. The Hall–Kier alpha value is -6.27. The Morgan fingerprint density at radius 2 is 1.09 bits per heavy atom. The molecule has 1 aliphatic rings. The zero-order valence-corrected chi connectivity index (χ0v) is 24.7. The summed E-state index contributed by atoms with van der Waals surface area (Å²) in [6.07, 6.45) is -0.283. The van der Waals surface area contributed by atoms with E-state index in [1.54, 1.807) is 0 Å². The number of benzene rings is 6. The third-order valence-electron chi connectivity index (χ3n) is 8.50. The Kier molecular flexibility index (Phi) is 6.09. The maximum atomic E-state index is 6.54. The Morgan fingerprint density at radius 1 is 0.500 bits per heavy atom. The Balaban J connectivity index is 1.26. The molecule has 6 aromatic carbocycles. The number of aromatic nitrogens is 4. The lowest BCUT2D eigenvalue weighted by Gasteiger charge is -2.26. The van der Waals surface area contributed by atoms with E-state index >= 15 is 0 Å². The van der Waals surface area contributed by atoms with Gasteiger partial charge in [-0.05, 0) is 36.4 Å². The highest BCUT2D eigenvalue weighted by molar-refractivity contribution is 6.10. The van der Waals surface area contributed by atoms with Gasteiger partial charge in [-0.2, -0.15) is 9.97 Å². The molecular formula is C40H27N5O. The first-order chi connectivity index (χ1) is 22.8. The molecule has 46 heavy (non-hydrogen) atoms. The summed E-state index contributed by atoms with van der Waals surface area (Å²) < 4.78 is 8.69. The molecule has 0 bridgehead atoms. The van der Waals surface area contributed by atoms with Crippen LogP contribution >= 0.6 is 0 Å². The largest absolute Gasteiger partial charge is 0.464 e. The lowest BCUT2D eigenvalue weighted by molar-refractivity contribution is 0.240. The van der Waals surface area contributed by atoms with Crippen molar-refractivity contribution in [3.63, 3.8) is 0 Å². The van der Waals surface area contributed by atoms with E-state index in [1.165, 1.54) is 0 Å². The zero-order valence-electron chi connectivity index (χ0n) is 24.7. The van der Waals surface area contributed by atoms with Crippen molar-refractivity contribution in [1.29, 1.82) is 0 Å². The van der Waals surface area contributed by atoms with Gasteiger partial charge in [-0.3, -0.25) is 9.47 Å². The molecule has 1 atom stereocenters. The molecule has 6 nitrogen and oxygen atoms in total. The zero-order chi connectivity index (χ0) is 30.5. The molecule has 0 saturated carbocycles. The molecule has 0 radical (unpaired) electrons. The fourth-order valence-electron chi connectivity index (χ4n) is 6.39. The minimum absolute atomic E-state index is 0.283. The standard InChI is InChI=1S/C40H27N5O/c1-4-14-27(15-5-1)37-41-38(28-16-6-2-7-17-28)43-40(42-37)45-33-21-11-10-20-31(33)32-26-30(24-25-34(32)45)44-35-22-12-13-23-36(35)46-39(44)29-18-8-3-9-19-29/h1-26,39H. The average molecular weight is 594 g/mol. The van der Waals surface area contributed by atoms with Crippen molar-refractivity contribution in [2.75, 3.05) is 4.90 Å². The van der Waals surface area contributed by atoms with Gasteiger partial charge in [0, 0.05) is 33.2 Å². The molecule has 8 aromatic rings. The second kappa shape index (κ2) is 10.7. The summed E-state index contributed by atoms with van der Waals surface area (Å²) in [4.78, 5) is 17.3. The summed E-state index contributed by atoms with van der Waals surface area (Å²) in [7, 11) is 0. The van der Waals surface area contributed by atoms with Crippen molar-refractivity contribution >= 4 is 33.2 Å².